The van der Waals surface area contributed by atoms with Crippen LogP contribution >= 0.6 is 11.3 Å². The van der Waals surface area contributed by atoms with Crippen molar-refractivity contribution in [1.29, 1.82) is 5.26 Å². The van der Waals surface area contributed by atoms with Crippen LogP contribution in [0.4, 0.5) is 13.2 Å². The number of ether oxygens (including phenoxy) is 1. The Hall–Kier alpha value is -2.05. The zero-order valence-corrected chi connectivity index (χ0v) is 11.8. The standard InChI is InChI=1S/C12H11F3N4OS/c1-19-10(12(13,14)15)6-8(18-19)9-2-3-11(21-9)20-7-17-5-4-16/h2-3,6,17H,5,7H2,1H3. The molecule has 0 aliphatic rings. The van der Waals surface area contributed by atoms with Gasteiger partial charge in [0.05, 0.1) is 17.5 Å². The smallest absolute Gasteiger partial charge is 0.433 e. The molecule has 0 saturated carbocycles. The largest absolute Gasteiger partial charge is 0.469 e. The molecule has 9 heteroatoms. The SMILES string of the molecule is Cn1nc(-c2ccc(OCNCC#N)s2)cc1C(F)(F)F. The summed E-state index contributed by atoms with van der Waals surface area (Å²) in [6.45, 7) is 0.316. The summed E-state index contributed by atoms with van der Waals surface area (Å²) in [5.74, 6) is 0. The molecule has 0 radical (unpaired) electrons. The molecular weight excluding hydrogens is 305 g/mol. The Balaban J connectivity index is 2.10. The fourth-order valence-corrected chi connectivity index (χ4v) is 2.43. The molecule has 5 nitrogen and oxygen atoms in total. The fourth-order valence-electron chi connectivity index (χ4n) is 1.62. The van der Waals surface area contributed by atoms with Gasteiger partial charge in [-0.3, -0.25) is 10.00 Å². The molecule has 2 aromatic heterocycles. The van der Waals surface area contributed by atoms with Crippen LogP contribution in [-0.2, 0) is 13.2 Å². The van der Waals surface area contributed by atoms with Gasteiger partial charge in [0, 0.05) is 7.05 Å². The average molecular weight is 316 g/mol. The minimum atomic E-state index is -4.43. The Kier molecular flexibility index (Phi) is 4.50. The van der Waals surface area contributed by atoms with Gasteiger partial charge >= 0.3 is 6.18 Å². The number of alkyl halides is 3. The van der Waals surface area contributed by atoms with Crippen LogP contribution in [0.5, 0.6) is 5.06 Å². The molecule has 0 amide bonds. The first-order valence-corrected chi connectivity index (χ1v) is 6.65. The molecule has 112 valence electrons. The molecule has 0 aliphatic carbocycles. The highest BCUT2D eigenvalue weighted by Gasteiger charge is 2.35. The van der Waals surface area contributed by atoms with E-state index < -0.39 is 11.9 Å². The van der Waals surface area contributed by atoms with Gasteiger partial charge < -0.3 is 4.74 Å². The van der Waals surface area contributed by atoms with Crippen molar-refractivity contribution in [2.45, 2.75) is 6.18 Å². The van der Waals surface area contributed by atoms with Crippen LogP contribution in [0.25, 0.3) is 10.6 Å². The van der Waals surface area contributed by atoms with E-state index in [2.05, 4.69) is 10.4 Å². The lowest BCUT2D eigenvalue weighted by Gasteiger charge is -2.04. The summed E-state index contributed by atoms with van der Waals surface area (Å²) in [6, 6.07) is 6.20. The molecule has 0 aliphatic heterocycles. The normalized spacial score (nSPS) is 11.4. The lowest BCUT2D eigenvalue weighted by molar-refractivity contribution is -0.143. The molecule has 2 aromatic rings. The molecule has 0 spiro atoms. The number of nitrogens with one attached hydrogen (secondary N) is 1. The van der Waals surface area contributed by atoms with Gasteiger partial charge in [-0.15, -0.1) is 0 Å². The number of hydrogen-bond acceptors (Lipinski definition) is 5. The summed E-state index contributed by atoms with van der Waals surface area (Å²) in [6.07, 6.45) is -4.43. The minimum absolute atomic E-state index is 0.156. The van der Waals surface area contributed by atoms with E-state index in [1.807, 2.05) is 6.07 Å². The second-order valence-electron chi connectivity index (χ2n) is 4.03. The average Bonchev–Trinajstić information content (AvgIpc) is 3.00. The molecule has 2 rings (SSSR count). The number of rotatable bonds is 5. The topological polar surface area (TPSA) is 62.9 Å². The molecular formula is C12H11F3N4OS. The first-order valence-electron chi connectivity index (χ1n) is 5.83. The van der Waals surface area contributed by atoms with Gasteiger partial charge in [-0.2, -0.15) is 23.5 Å². The predicted molar refractivity (Wildman–Crippen MR) is 70.6 cm³/mol. The zero-order valence-electron chi connectivity index (χ0n) is 10.9. The van der Waals surface area contributed by atoms with Crippen LogP contribution in [0.2, 0.25) is 0 Å². The lowest BCUT2D eigenvalue weighted by Crippen LogP contribution is -2.19. The van der Waals surface area contributed by atoms with Crippen LogP contribution in [0.1, 0.15) is 5.69 Å². The first-order chi connectivity index (χ1) is 9.91. The van der Waals surface area contributed by atoms with Crippen LogP contribution in [0.15, 0.2) is 18.2 Å². The number of nitriles is 1. The van der Waals surface area contributed by atoms with Crippen molar-refractivity contribution in [3.63, 3.8) is 0 Å². The number of halogens is 3. The summed E-state index contributed by atoms with van der Waals surface area (Å²) < 4.78 is 44.2. The van der Waals surface area contributed by atoms with Gasteiger partial charge in [-0.1, -0.05) is 11.3 Å². The molecule has 0 bridgehead atoms. The quantitative estimate of drug-likeness (QED) is 0.523. The van der Waals surface area contributed by atoms with Crippen LogP contribution in [-0.4, -0.2) is 23.1 Å². The summed E-state index contributed by atoms with van der Waals surface area (Å²) in [5.41, 5.74) is -0.557. The maximum atomic E-state index is 12.7. The van der Waals surface area contributed by atoms with Gasteiger partial charge in [0.25, 0.3) is 0 Å². The zero-order chi connectivity index (χ0) is 15.5. The molecule has 0 aromatic carbocycles. The van der Waals surface area contributed by atoms with E-state index in [1.165, 1.54) is 18.4 Å². The molecule has 1 N–H and O–H groups in total. The predicted octanol–water partition coefficient (Wildman–Crippen LogP) is 2.62. The summed E-state index contributed by atoms with van der Waals surface area (Å²) in [5, 5.41) is 15.5. The number of aryl methyl sites for hydroxylation is 1. The van der Waals surface area contributed by atoms with Crippen molar-refractivity contribution < 1.29 is 17.9 Å². The van der Waals surface area contributed by atoms with Crippen molar-refractivity contribution in [2.24, 2.45) is 7.05 Å². The van der Waals surface area contributed by atoms with Gasteiger partial charge in [0.2, 0.25) is 0 Å². The second-order valence-corrected chi connectivity index (χ2v) is 5.07. The summed E-state index contributed by atoms with van der Waals surface area (Å²) >= 11 is 1.19. The summed E-state index contributed by atoms with van der Waals surface area (Å²) in [7, 11) is 1.25. The van der Waals surface area contributed by atoms with Crippen molar-refractivity contribution in [1.82, 2.24) is 15.1 Å². The van der Waals surface area contributed by atoms with E-state index in [1.54, 1.807) is 12.1 Å². The van der Waals surface area contributed by atoms with E-state index in [0.29, 0.717) is 9.94 Å². The lowest BCUT2D eigenvalue weighted by atomic mass is 10.3. The van der Waals surface area contributed by atoms with E-state index in [-0.39, 0.29) is 19.0 Å². The highest BCUT2D eigenvalue weighted by atomic mass is 32.1. The monoisotopic (exact) mass is 316 g/mol. The Morgan fingerprint density at radius 1 is 1.48 bits per heavy atom. The maximum Gasteiger partial charge on any atom is 0.433 e. The maximum absolute atomic E-state index is 12.7. The van der Waals surface area contributed by atoms with E-state index in [9.17, 15) is 13.2 Å². The first kappa shape index (κ1) is 15.3. The third-order valence-corrected chi connectivity index (χ3v) is 3.54. The third kappa shape index (κ3) is 3.74. The Bertz CT molecular complexity index is 656. The Morgan fingerprint density at radius 3 is 2.86 bits per heavy atom. The van der Waals surface area contributed by atoms with Crippen molar-refractivity contribution in [3.8, 4) is 21.7 Å². The number of nitrogens with zero attached hydrogens (tertiary/aromatic N) is 3. The third-order valence-electron chi connectivity index (χ3n) is 2.52. The van der Waals surface area contributed by atoms with Crippen molar-refractivity contribution >= 4 is 11.3 Å². The van der Waals surface area contributed by atoms with Gasteiger partial charge in [0.1, 0.15) is 18.1 Å². The molecule has 21 heavy (non-hydrogen) atoms. The number of aromatic nitrogens is 2. The van der Waals surface area contributed by atoms with E-state index in [4.69, 9.17) is 10.00 Å². The molecule has 2 heterocycles. The molecule has 0 unspecified atom stereocenters. The van der Waals surface area contributed by atoms with E-state index >= 15 is 0 Å². The number of hydrogen-bond donors (Lipinski definition) is 1. The van der Waals surface area contributed by atoms with Crippen LogP contribution in [0.3, 0.4) is 0 Å². The second kappa shape index (κ2) is 6.15. The summed E-state index contributed by atoms with van der Waals surface area (Å²) in [4.78, 5) is 0.580. The van der Waals surface area contributed by atoms with Gasteiger partial charge in [-0.25, -0.2) is 0 Å². The van der Waals surface area contributed by atoms with Gasteiger partial charge in [0.15, 0.2) is 5.06 Å². The highest BCUT2D eigenvalue weighted by Crippen LogP contribution is 2.36. The Labute approximate surface area is 122 Å². The molecule has 0 atom stereocenters. The highest BCUT2D eigenvalue weighted by molar-refractivity contribution is 7.17. The van der Waals surface area contributed by atoms with Gasteiger partial charge in [-0.05, 0) is 18.2 Å². The number of thiophene rings is 1. The van der Waals surface area contributed by atoms with Crippen LogP contribution < -0.4 is 10.1 Å². The van der Waals surface area contributed by atoms with E-state index in [0.717, 1.165) is 10.7 Å². The van der Waals surface area contributed by atoms with Crippen molar-refractivity contribution in [2.75, 3.05) is 13.3 Å². The molecule has 0 saturated heterocycles. The molecule has 0 fully saturated rings. The fraction of sp³-hybridized carbons (Fsp3) is 0.333. The minimum Gasteiger partial charge on any atom is -0.469 e. The van der Waals surface area contributed by atoms with Crippen molar-refractivity contribution in [3.05, 3.63) is 23.9 Å². The Morgan fingerprint density at radius 2 is 2.24 bits per heavy atom. The van der Waals surface area contributed by atoms with Crippen LogP contribution in [0, 0.1) is 11.3 Å².